The molecule has 4 nitrogen and oxygen atoms in total. The zero-order chi connectivity index (χ0) is 12.4. The second-order valence-corrected chi connectivity index (χ2v) is 4.95. The molecule has 2 aromatic heterocycles. The number of hydrogen-bond acceptors (Lipinski definition) is 3. The van der Waals surface area contributed by atoms with E-state index in [9.17, 15) is 4.79 Å². The molecule has 18 heavy (non-hydrogen) atoms. The van der Waals surface area contributed by atoms with Crippen LogP contribution in [0.1, 0.15) is 29.0 Å². The van der Waals surface area contributed by atoms with Crippen LogP contribution in [0.5, 0.6) is 0 Å². The predicted molar refractivity (Wildman–Crippen MR) is 69.9 cm³/mol. The lowest BCUT2D eigenvalue weighted by Gasteiger charge is -2.21. The summed E-state index contributed by atoms with van der Waals surface area (Å²) in [4.78, 5) is 15.3. The molecule has 0 unspecified atom stereocenters. The van der Waals surface area contributed by atoms with Gasteiger partial charge in [-0.25, -0.2) is 4.98 Å². The van der Waals surface area contributed by atoms with E-state index >= 15 is 0 Å². The van der Waals surface area contributed by atoms with Crippen LogP contribution in [0.3, 0.4) is 0 Å². The van der Waals surface area contributed by atoms with Crippen molar-refractivity contribution in [3.8, 4) is 0 Å². The first-order valence-electron chi connectivity index (χ1n) is 6.49. The molecule has 94 valence electrons. The van der Waals surface area contributed by atoms with Gasteiger partial charge >= 0.3 is 0 Å². The first kappa shape index (κ1) is 11.4. The summed E-state index contributed by atoms with van der Waals surface area (Å²) >= 11 is 0. The monoisotopic (exact) mass is 243 g/mol. The van der Waals surface area contributed by atoms with Crippen molar-refractivity contribution in [2.24, 2.45) is 5.92 Å². The normalized spacial score (nSPS) is 17.1. The summed E-state index contributed by atoms with van der Waals surface area (Å²) in [6.45, 7) is 2.21. The fraction of sp³-hybridized carbons (Fsp3) is 0.429. The highest BCUT2D eigenvalue weighted by Crippen LogP contribution is 2.18. The number of fused-ring (bicyclic) bond motifs is 1. The summed E-state index contributed by atoms with van der Waals surface area (Å²) in [5, 5.41) is 3.38. The number of pyridine rings is 1. The molecule has 1 aliphatic rings. The number of carbonyl (C=O) groups is 1. The molecule has 0 aromatic carbocycles. The van der Waals surface area contributed by atoms with Crippen LogP contribution in [0, 0.1) is 5.92 Å². The van der Waals surface area contributed by atoms with Crippen molar-refractivity contribution in [1.29, 1.82) is 0 Å². The topological polar surface area (TPSA) is 46.4 Å². The lowest BCUT2D eigenvalue weighted by Crippen LogP contribution is -2.29. The van der Waals surface area contributed by atoms with Crippen LogP contribution < -0.4 is 5.32 Å². The number of nitrogens with zero attached hydrogens (tertiary/aromatic N) is 2. The minimum absolute atomic E-state index is 0.701. The van der Waals surface area contributed by atoms with E-state index in [1.807, 2.05) is 28.9 Å². The van der Waals surface area contributed by atoms with Gasteiger partial charge in [0.1, 0.15) is 5.82 Å². The Morgan fingerprint density at radius 2 is 2.22 bits per heavy atom. The number of imidazole rings is 1. The van der Waals surface area contributed by atoms with E-state index in [2.05, 4.69) is 10.3 Å². The van der Waals surface area contributed by atoms with Gasteiger partial charge in [0, 0.05) is 18.2 Å². The minimum Gasteiger partial charge on any atom is -0.317 e. The molecular formula is C14H17N3O. The van der Waals surface area contributed by atoms with Gasteiger partial charge in [0.15, 0.2) is 6.29 Å². The Labute approximate surface area is 106 Å². The molecule has 1 fully saturated rings. The molecule has 0 atom stereocenters. The maximum atomic E-state index is 10.8. The van der Waals surface area contributed by atoms with Crippen molar-refractivity contribution >= 4 is 11.8 Å². The van der Waals surface area contributed by atoms with E-state index < -0.39 is 0 Å². The van der Waals surface area contributed by atoms with Crippen molar-refractivity contribution in [3.63, 3.8) is 0 Å². The van der Waals surface area contributed by atoms with Gasteiger partial charge in [0.2, 0.25) is 0 Å². The standard InChI is InChI=1S/C14H17N3O/c18-10-12-1-2-13-8-16-14(17(13)9-12)7-11-3-5-15-6-4-11/h1-2,8-11,15H,3-7H2. The summed E-state index contributed by atoms with van der Waals surface area (Å²) in [7, 11) is 0. The molecule has 1 saturated heterocycles. The smallest absolute Gasteiger partial charge is 0.151 e. The fourth-order valence-electron chi connectivity index (χ4n) is 2.62. The molecule has 0 saturated carbocycles. The number of carbonyl (C=O) groups excluding carboxylic acids is 1. The Bertz CT molecular complexity index is 555. The van der Waals surface area contributed by atoms with Gasteiger partial charge in [-0.3, -0.25) is 4.79 Å². The average molecular weight is 243 g/mol. The summed E-state index contributed by atoms with van der Waals surface area (Å²) in [6.07, 6.45) is 8.06. The average Bonchev–Trinajstić information content (AvgIpc) is 2.82. The first-order chi connectivity index (χ1) is 8.86. The van der Waals surface area contributed by atoms with Gasteiger partial charge in [-0.15, -0.1) is 0 Å². The zero-order valence-corrected chi connectivity index (χ0v) is 10.3. The van der Waals surface area contributed by atoms with Gasteiger partial charge in [-0.1, -0.05) is 0 Å². The first-order valence-corrected chi connectivity index (χ1v) is 6.49. The third kappa shape index (κ3) is 2.16. The maximum absolute atomic E-state index is 10.8. The Balaban J connectivity index is 1.88. The van der Waals surface area contributed by atoms with Crippen molar-refractivity contribution < 1.29 is 4.79 Å². The SMILES string of the molecule is O=Cc1ccc2cnc(CC3CCNCC3)n2c1. The minimum atomic E-state index is 0.701. The summed E-state index contributed by atoms with van der Waals surface area (Å²) in [5.41, 5.74) is 1.76. The van der Waals surface area contributed by atoms with Crippen LogP contribution in [-0.2, 0) is 6.42 Å². The van der Waals surface area contributed by atoms with Crippen LogP contribution in [0.25, 0.3) is 5.52 Å². The molecule has 0 radical (unpaired) electrons. The number of aromatic nitrogens is 2. The van der Waals surface area contributed by atoms with Gasteiger partial charge in [-0.05, 0) is 44.0 Å². The fourth-order valence-corrected chi connectivity index (χ4v) is 2.62. The van der Waals surface area contributed by atoms with Gasteiger partial charge < -0.3 is 9.72 Å². The molecule has 4 heteroatoms. The molecule has 1 N–H and O–H groups in total. The molecule has 0 aliphatic carbocycles. The lowest BCUT2D eigenvalue weighted by molar-refractivity contribution is 0.112. The quantitative estimate of drug-likeness (QED) is 0.834. The van der Waals surface area contributed by atoms with Crippen LogP contribution in [0.4, 0.5) is 0 Å². The molecule has 1 aliphatic heterocycles. The third-order valence-corrected chi connectivity index (χ3v) is 3.69. The molecule has 0 bridgehead atoms. The number of rotatable bonds is 3. The van der Waals surface area contributed by atoms with Gasteiger partial charge in [-0.2, -0.15) is 0 Å². The number of nitrogens with one attached hydrogen (secondary N) is 1. The van der Waals surface area contributed by atoms with Gasteiger partial charge in [0.05, 0.1) is 11.7 Å². The molecule has 0 amide bonds. The van der Waals surface area contributed by atoms with E-state index in [0.717, 1.165) is 37.1 Å². The molecule has 3 rings (SSSR count). The van der Waals surface area contributed by atoms with Crippen molar-refractivity contribution in [1.82, 2.24) is 14.7 Å². The molecular weight excluding hydrogens is 226 g/mol. The van der Waals surface area contributed by atoms with Crippen molar-refractivity contribution in [3.05, 3.63) is 35.9 Å². The Morgan fingerprint density at radius 1 is 1.39 bits per heavy atom. The summed E-state index contributed by atoms with van der Waals surface area (Å²) in [6, 6.07) is 3.78. The number of aldehydes is 1. The third-order valence-electron chi connectivity index (χ3n) is 3.69. The largest absolute Gasteiger partial charge is 0.317 e. The van der Waals surface area contributed by atoms with E-state index in [0.29, 0.717) is 11.5 Å². The van der Waals surface area contributed by atoms with Gasteiger partial charge in [0.25, 0.3) is 0 Å². The number of piperidine rings is 1. The lowest BCUT2D eigenvalue weighted by atomic mass is 9.94. The highest BCUT2D eigenvalue weighted by Gasteiger charge is 2.16. The molecule has 0 spiro atoms. The van der Waals surface area contributed by atoms with Crippen molar-refractivity contribution in [2.75, 3.05) is 13.1 Å². The van der Waals surface area contributed by atoms with Crippen molar-refractivity contribution in [2.45, 2.75) is 19.3 Å². The molecule has 2 aromatic rings. The van der Waals surface area contributed by atoms with E-state index in [4.69, 9.17) is 0 Å². The van der Waals surface area contributed by atoms with Crippen LogP contribution >= 0.6 is 0 Å². The number of hydrogen-bond donors (Lipinski definition) is 1. The highest BCUT2D eigenvalue weighted by atomic mass is 16.1. The second kappa shape index (κ2) is 4.90. The van der Waals surface area contributed by atoms with Crippen LogP contribution in [0.15, 0.2) is 24.5 Å². The van der Waals surface area contributed by atoms with Crippen LogP contribution in [-0.4, -0.2) is 28.8 Å². The van der Waals surface area contributed by atoms with E-state index in [1.165, 1.54) is 12.8 Å². The second-order valence-electron chi connectivity index (χ2n) is 4.95. The molecule has 3 heterocycles. The maximum Gasteiger partial charge on any atom is 0.151 e. The van der Waals surface area contributed by atoms with Crippen LogP contribution in [0.2, 0.25) is 0 Å². The van der Waals surface area contributed by atoms with E-state index in [1.54, 1.807) is 0 Å². The summed E-state index contributed by atoms with van der Waals surface area (Å²) < 4.78 is 2.05. The predicted octanol–water partition coefficient (Wildman–Crippen LogP) is 1.69. The van der Waals surface area contributed by atoms with E-state index in [-0.39, 0.29) is 0 Å². The Hall–Kier alpha value is -1.68. The Kier molecular flexibility index (Phi) is 3.11. The highest BCUT2D eigenvalue weighted by molar-refractivity contribution is 5.75. The zero-order valence-electron chi connectivity index (χ0n) is 10.3. The Morgan fingerprint density at radius 3 is 3.00 bits per heavy atom. The summed E-state index contributed by atoms with van der Waals surface area (Å²) in [5.74, 6) is 1.78.